The standard InChI is InChI=1S/C19H11BCl4N4/c20-12-9-26-28-17(25-8-10-4-5-13(21)15(23)6-10)7-16(27-19(12)28)11-2-1-3-14(22)18(11)24/h1-7,9,25H,8H2. The van der Waals surface area contributed by atoms with Crippen molar-refractivity contribution in [1.82, 2.24) is 14.6 Å². The number of hydrogen-bond acceptors (Lipinski definition) is 3. The maximum Gasteiger partial charge on any atom is 0.150 e. The zero-order valence-electron chi connectivity index (χ0n) is 14.3. The summed E-state index contributed by atoms with van der Waals surface area (Å²) in [6.45, 7) is 0.498. The highest BCUT2D eigenvalue weighted by Crippen LogP contribution is 2.33. The van der Waals surface area contributed by atoms with Crippen molar-refractivity contribution < 1.29 is 0 Å². The molecule has 2 aromatic carbocycles. The zero-order valence-corrected chi connectivity index (χ0v) is 17.3. The van der Waals surface area contributed by atoms with E-state index in [1.54, 1.807) is 22.8 Å². The lowest BCUT2D eigenvalue weighted by atomic mass is 10.0. The van der Waals surface area contributed by atoms with Gasteiger partial charge in [-0.2, -0.15) is 9.61 Å². The summed E-state index contributed by atoms with van der Waals surface area (Å²) < 4.78 is 1.63. The van der Waals surface area contributed by atoms with Crippen LogP contribution in [-0.2, 0) is 6.54 Å². The van der Waals surface area contributed by atoms with Gasteiger partial charge in [-0.05, 0) is 29.2 Å². The van der Waals surface area contributed by atoms with E-state index in [4.69, 9.17) is 54.3 Å². The van der Waals surface area contributed by atoms with E-state index >= 15 is 0 Å². The van der Waals surface area contributed by atoms with E-state index in [2.05, 4.69) is 15.4 Å². The Morgan fingerprint density at radius 3 is 2.57 bits per heavy atom. The van der Waals surface area contributed by atoms with Crippen LogP contribution < -0.4 is 10.8 Å². The second kappa shape index (κ2) is 7.84. The molecule has 138 valence electrons. The highest BCUT2D eigenvalue weighted by atomic mass is 35.5. The lowest BCUT2D eigenvalue weighted by Crippen LogP contribution is -2.09. The lowest BCUT2D eigenvalue weighted by molar-refractivity contribution is 0.927. The van der Waals surface area contributed by atoms with Crippen molar-refractivity contribution >= 4 is 71.2 Å². The summed E-state index contributed by atoms with van der Waals surface area (Å²) in [5.41, 5.74) is 3.27. The number of benzene rings is 2. The van der Waals surface area contributed by atoms with Crippen LogP contribution in [0.15, 0.2) is 48.7 Å². The molecular weight excluding hydrogens is 437 g/mol. The van der Waals surface area contributed by atoms with Gasteiger partial charge in [0.25, 0.3) is 0 Å². The number of halogens is 4. The molecule has 2 heterocycles. The van der Waals surface area contributed by atoms with Crippen LogP contribution in [0.3, 0.4) is 0 Å². The molecule has 0 atom stereocenters. The van der Waals surface area contributed by atoms with Crippen LogP contribution in [0.25, 0.3) is 16.9 Å². The summed E-state index contributed by atoms with van der Waals surface area (Å²) in [6.07, 6.45) is 1.55. The number of nitrogens with one attached hydrogen (secondary N) is 1. The summed E-state index contributed by atoms with van der Waals surface area (Å²) in [5.74, 6) is 0.693. The Balaban J connectivity index is 1.76. The van der Waals surface area contributed by atoms with Crippen LogP contribution in [-0.4, -0.2) is 22.4 Å². The zero-order chi connectivity index (χ0) is 19.8. The fraction of sp³-hybridized carbons (Fsp3) is 0.0526. The molecule has 4 nitrogen and oxygen atoms in total. The topological polar surface area (TPSA) is 42.2 Å². The van der Waals surface area contributed by atoms with E-state index in [0.29, 0.717) is 54.8 Å². The molecule has 0 aliphatic heterocycles. The molecule has 2 aromatic heterocycles. The van der Waals surface area contributed by atoms with E-state index in [1.165, 1.54) is 0 Å². The van der Waals surface area contributed by atoms with E-state index in [1.807, 2.05) is 30.3 Å². The van der Waals surface area contributed by atoms with E-state index in [9.17, 15) is 0 Å². The highest BCUT2D eigenvalue weighted by Gasteiger charge is 2.14. The van der Waals surface area contributed by atoms with Crippen molar-refractivity contribution in [2.75, 3.05) is 5.32 Å². The second-order valence-electron chi connectivity index (χ2n) is 6.07. The van der Waals surface area contributed by atoms with Crippen LogP contribution in [0.4, 0.5) is 5.82 Å². The molecule has 1 N–H and O–H groups in total. The molecule has 0 fully saturated rings. The van der Waals surface area contributed by atoms with E-state index in [-0.39, 0.29) is 0 Å². The van der Waals surface area contributed by atoms with Crippen LogP contribution in [0.5, 0.6) is 0 Å². The van der Waals surface area contributed by atoms with Gasteiger partial charge >= 0.3 is 0 Å². The normalized spacial score (nSPS) is 11.1. The molecule has 4 aromatic rings. The van der Waals surface area contributed by atoms with Gasteiger partial charge in [0.15, 0.2) is 5.65 Å². The van der Waals surface area contributed by atoms with Gasteiger partial charge in [-0.1, -0.05) is 64.6 Å². The van der Waals surface area contributed by atoms with E-state index in [0.717, 1.165) is 5.56 Å². The molecule has 0 saturated heterocycles. The predicted octanol–water partition coefficient (Wildman–Crippen LogP) is 5.42. The van der Waals surface area contributed by atoms with Gasteiger partial charge in [0.1, 0.15) is 13.7 Å². The average Bonchev–Trinajstić information content (AvgIpc) is 3.06. The third-order valence-electron chi connectivity index (χ3n) is 4.18. The van der Waals surface area contributed by atoms with Gasteiger partial charge in [0, 0.05) is 24.4 Å². The van der Waals surface area contributed by atoms with Gasteiger partial charge in [0.05, 0.1) is 25.8 Å². The Hall–Kier alpha value is -1.92. The second-order valence-corrected chi connectivity index (χ2v) is 7.66. The highest BCUT2D eigenvalue weighted by molar-refractivity contribution is 6.43. The quantitative estimate of drug-likeness (QED) is 0.425. The van der Waals surface area contributed by atoms with Crippen molar-refractivity contribution in [2.45, 2.75) is 6.54 Å². The van der Waals surface area contributed by atoms with E-state index < -0.39 is 0 Å². The molecule has 9 heteroatoms. The van der Waals surface area contributed by atoms with Gasteiger partial charge in [-0.25, -0.2) is 4.98 Å². The molecule has 0 aliphatic carbocycles. The fourth-order valence-electron chi connectivity index (χ4n) is 2.79. The summed E-state index contributed by atoms with van der Waals surface area (Å²) in [7, 11) is 6.04. The van der Waals surface area contributed by atoms with Crippen LogP contribution in [0.2, 0.25) is 20.1 Å². The average molecular weight is 448 g/mol. The largest absolute Gasteiger partial charge is 0.366 e. The Kier molecular flexibility index (Phi) is 5.43. The molecule has 28 heavy (non-hydrogen) atoms. The third kappa shape index (κ3) is 3.68. The first-order valence-corrected chi connectivity index (χ1v) is 9.71. The molecule has 0 saturated carbocycles. The van der Waals surface area contributed by atoms with Gasteiger partial charge in [0.2, 0.25) is 0 Å². The molecule has 0 amide bonds. The maximum atomic E-state index is 6.38. The number of nitrogens with zero attached hydrogens (tertiary/aromatic N) is 3. The fourth-order valence-corrected chi connectivity index (χ4v) is 3.51. The number of fused-ring (bicyclic) bond motifs is 1. The summed E-state index contributed by atoms with van der Waals surface area (Å²) in [6, 6.07) is 12.7. The van der Waals surface area contributed by atoms with Crippen molar-refractivity contribution in [3.63, 3.8) is 0 Å². The predicted molar refractivity (Wildman–Crippen MR) is 118 cm³/mol. The van der Waals surface area contributed by atoms with Crippen molar-refractivity contribution in [3.8, 4) is 11.3 Å². The molecule has 0 spiro atoms. The molecule has 0 aliphatic rings. The SMILES string of the molecule is [B]c1cnn2c(NCc3ccc(Cl)c(Cl)c3)cc(-c3cccc(Cl)c3Cl)nc12. The minimum absolute atomic E-state index is 0.425. The number of anilines is 1. The lowest BCUT2D eigenvalue weighted by Gasteiger charge is -2.12. The monoisotopic (exact) mass is 446 g/mol. The summed E-state index contributed by atoms with van der Waals surface area (Å²) >= 11 is 24.6. The molecule has 2 radical (unpaired) electrons. The van der Waals surface area contributed by atoms with Gasteiger partial charge < -0.3 is 5.32 Å². The first-order valence-electron chi connectivity index (χ1n) is 8.20. The van der Waals surface area contributed by atoms with Crippen LogP contribution in [0, 0.1) is 0 Å². The summed E-state index contributed by atoms with van der Waals surface area (Å²) in [4.78, 5) is 4.60. The molecular formula is C19H11BCl4N4. The van der Waals surface area contributed by atoms with Gasteiger partial charge in [-0.3, -0.25) is 0 Å². The Morgan fingerprint density at radius 2 is 1.79 bits per heavy atom. The Labute approximate surface area is 182 Å². The smallest absolute Gasteiger partial charge is 0.150 e. The van der Waals surface area contributed by atoms with Crippen LogP contribution in [0.1, 0.15) is 5.56 Å². The number of hydrogen-bond donors (Lipinski definition) is 1. The Morgan fingerprint density at radius 1 is 0.964 bits per heavy atom. The maximum absolute atomic E-state index is 6.38. The van der Waals surface area contributed by atoms with Crippen LogP contribution >= 0.6 is 46.4 Å². The molecule has 0 bridgehead atoms. The number of aromatic nitrogens is 3. The molecule has 4 rings (SSSR count). The first-order chi connectivity index (χ1) is 13.4. The third-order valence-corrected chi connectivity index (χ3v) is 5.74. The summed E-state index contributed by atoms with van der Waals surface area (Å²) in [5, 5.41) is 9.51. The molecule has 0 unspecified atom stereocenters. The van der Waals surface area contributed by atoms with Crippen molar-refractivity contribution in [2.24, 2.45) is 0 Å². The number of rotatable bonds is 4. The Bertz CT molecular complexity index is 1190. The minimum Gasteiger partial charge on any atom is -0.366 e. The van der Waals surface area contributed by atoms with Crippen molar-refractivity contribution in [1.29, 1.82) is 0 Å². The minimum atomic E-state index is 0.425. The van der Waals surface area contributed by atoms with Gasteiger partial charge in [-0.15, -0.1) is 0 Å². The van der Waals surface area contributed by atoms with Crippen molar-refractivity contribution in [3.05, 3.63) is 74.3 Å². The first kappa shape index (κ1) is 19.4.